The number of hydrogen-bond donors (Lipinski definition) is 2. The Labute approximate surface area is 136 Å². The molecular weight excluding hydrogens is 310 g/mol. The third-order valence-corrected chi connectivity index (χ3v) is 3.47. The molecule has 0 unspecified atom stereocenters. The molecule has 0 atom stereocenters. The van der Waals surface area contributed by atoms with Gasteiger partial charge >= 0.3 is 0 Å². The quantitative estimate of drug-likeness (QED) is 0.437. The van der Waals surface area contributed by atoms with Crippen LogP contribution in [0.2, 0.25) is 0 Å². The normalized spacial score (nSPS) is 10.3. The van der Waals surface area contributed by atoms with Gasteiger partial charge < -0.3 is 15.0 Å². The first-order chi connectivity index (χ1) is 11.5. The summed E-state index contributed by atoms with van der Waals surface area (Å²) in [5.41, 5.74) is 1.04. The van der Waals surface area contributed by atoms with Crippen LogP contribution in [0.1, 0.15) is 10.4 Å². The number of hydrogen-bond acceptors (Lipinski definition) is 4. The fourth-order valence-electron chi connectivity index (χ4n) is 2.22. The highest BCUT2D eigenvalue weighted by Gasteiger charge is 2.13. The number of carbonyl (C=O) groups is 1. The molecule has 0 aliphatic heterocycles. The first-order valence-electron chi connectivity index (χ1n) is 7.07. The Kier molecular flexibility index (Phi) is 3.98. The molecule has 7 heteroatoms. The molecule has 7 nitrogen and oxygen atoms in total. The lowest BCUT2D eigenvalue weighted by atomic mass is 10.2. The van der Waals surface area contributed by atoms with Crippen molar-refractivity contribution in [2.24, 2.45) is 0 Å². The van der Waals surface area contributed by atoms with E-state index in [9.17, 15) is 20.0 Å². The molecule has 3 rings (SSSR count). The van der Waals surface area contributed by atoms with Crippen molar-refractivity contribution < 1.29 is 14.8 Å². The molecule has 0 aliphatic rings. The molecule has 0 saturated carbocycles. The van der Waals surface area contributed by atoms with Crippen molar-refractivity contribution >= 4 is 17.3 Å². The summed E-state index contributed by atoms with van der Waals surface area (Å²) in [6, 6.07) is 14.1. The summed E-state index contributed by atoms with van der Waals surface area (Å²) >= 11 is 0. The molecular formula is C17H13N3O4. The van der Waals surface area contributed by atoms with Crippen LogP contribution in [0.3, 0.4) is 0 Å². The number of benzene rings is 2. The highest BCUT2D eigenvalue weighted by atomic mass is 16.6. The largest absolute Gasteiger partial charge is 0.506 e. The van der Waals surface area contributed by atoms with Crippen molar-refractivity contribution in [2.75, 3.05) is 5.32 Å². The number of nitro benzene ring substituents is 1. The summed E-state index contributed by atoms with van der Waals surface area (Å²) in [5, 5.41) is 23.0. The summed E-state index contributed by atoms with van der Waals surface area (Å²) in [7, 11) is 0. The van der Waals surface area contributed by atoms with Crippen LogP contribution in [0.5, 0.6) is 5.75 Å². The highest BCUT2D eigenvalue weighted by Crippen LogP contribution is 2.28. The van der Waals surface area contributed by atoms with Crippen molar-refractivity contribution in [1.29, 1.82) is 0 Å². The molecule has 0 aliphatic carbocycles. The van der Waals surface area contributed by atoms with Crippen molar-refractivity contribution in [3.63, 3.8) is 0 Å². The summed E-state index contributed by atoms with van der Waals surface area (Å²) in [5.74, 6) is -0.706. The average Bonchev–Trinajstić information content (AvgIpc) is 3.11. The van der Waals surface area contributed by atoms with E-state index < -0.39 is 10.8 Å². The van der Waals surface area contributed by atoms with Gasteiger partial charge in [0.25, 0.3) is 11.6 Å². The van der Waals surface area contributed by atoms with E-state index >= 15 is 0 Å². The van der Waals surface area contributed by atoms with Crippen LogP contribution in [-0.4, -0.2) is 20.5 Å². The predicted octanol–water partition coefficient (Wildman–Crippen LogP) is 3.34. The molecule has 1 heterocycles. The van der Waals surface area contributed by atoms with Crippen molar-refractivity contribution in [1.82, 2.24) is 4.57 Å². The number of rotatable bonds is 4. The third kappa shape index (κ3) is 3.09. The zero-order valence-corrected chi connectivity index (χ0v) is 12.4. The lowest BCUT2D eigenvalue weighted by Gasteiger charge is -2.08. The van der Waals surface area contributed by atoms with Gasteiger partial charge in [0.05, 0.1) is 10.6 Å². The van der Waals surface area contributed by atoms with Crippen LogP contribution in [0.25, 0.3) is 5.69 Å². The second-order valence-corrected chi connectivity index (χ2v) is 5.05. The van der Waals surface area contributed by atoms with Crippen molar-refractivity contribution in [3.8, 4) is 11.4 Å². The standard InChI is InChI=1S/C17H13N3O4/c21-16-8-7-14(20(23)24)11-15(16)18-17(22)12-3-5-13(6-4-12)19-9-1-2-10-19/h1-11,21H,(H,18,22). The lowest BCUT2D eigenvalue weighted by molar-refractivity contribution is -0.384. The Hall–Kier alpha value is -3.61. The Balaban J connectivity index is 1.80. The summed E-state index contributed by atoms with van der Waals surface area (Å²) in [6.07, 6.45) is 3.77. The van der Waals surface area contributed by atoms with Crippen LogP contribution in [0.15, 0.2) is 67.0 Å². The smallest absolute Gasteiger partial charge is 0.271 e. The van der Waals surface area contributed by atoms with E-state index in [1.165, 1.54) is 6.07 Å². The zero-order chi connectivity index (χ0) is 17.1. The minimum atomic E-state index is -0.596. The number of amides is 1. The van der Waals surface area contributed by atoms with E-state index in [2.05, 4.69) is 5.32 Å². The van der Waals surface area contributed by atoms with Crippen molar-refractivity contribution in [2.45, 2.75) is 0 Å². The molecule has 0 saturated heterocycles. The number of aromatic hydroxyl groups is 1. The first-order valence-corrected chi connectivity index (χ1v) is 7.07. The predicted molar refractivity (Wildman–Crippen MR) is 88.5 cm³/mol. The van der Waals surface area contributed by atoms with Crippen LogP contribution < -0.4 is 5.32 Å². The molecule has 0 radical (unpaired) electrons. The molecule has 1 amide bonds. The van der Waals surface area contributed by atoms with Crippen LogP contribution >= 0.6 is 0 Å². The maximum Gasteiger partial charge on any atom is 0.271 e. The minimum absolute atomic E-state index is 0.0105. The van der Waals surface area contributed by atoms with Gasteiger partial charge in [-0.3, -0.25) is 14.9 Å². The molecule has 24 heavy (non-hydrogen) atoms. The maximum absolute atomic E-state index is 12.2. The number of anilines is 1. The fourth-order valence-corrected chi connectivity index (χ4v) is 2.22. The van der Waals surface area contributed by atoms with E-state index in [1.54, 1.807) is 24.3 Å². The molecule has 1 aromatic heterocycles. The van der Waals surface area contributed by atoms with Gasteiger partial charge in [-0.15, -0.1) is 0 Å². The Morgan fingerprint density at radius 1 is 1.08 bits per heavy atom. The van der Waals surface area contributed by atoms with Crippen LogP contribution in [0, 0.1) is 10.1 Å². The van der Waals surface area contributed by atoms with Gasteiger partial charge in [0.15, 0.2) is 0 Å². The number of non-ortho nitro benzene ring substituents is 1. The van der Waals surface area contributed by atoms with E-state index in [0.717, 1.165) is 17.8 Å². The van der Waals surface area contributed by atoms with E-state index in [4.69, 9.17) is 0 Å². The summed E-state index contributed by atoms with van der Waals surface area (Å²) in [6.45, 7) is 0. The maximum atomic E-state index is 12.2. The fraction of sp³-hybridized carbons (Fsp3) is 0. The monoisotopic (exact) mass is 323 g/mol. The summed E-state index contributed by atoms with van der Waals surface area (Å²) in [4.78, 5) is 22.4. The van der Waals surface area contributed by atoms with Crippen LogP contribution in [-0.2, 0) is 0 Å². The van der Waals surface area contributed by atoms with Crippen LogP contribution in [0.4, 0.5) is 11.4 Å². The second kappa shape index (κ2) is 6.25. The van der Waals surface area contributed by atoms with Gasteiger partial charge in [0.1, 0.15) is 5.75 Å². The lowest BCUT2D eigenvalue weighted by Crippen LogP contribution is -2.12. The topological polar surface area (TPSA) is 97.4 Å². The molecule has 0 spiro atoms. The molecule has 2 aromatic carbocycles. The Morgan fingerprint density at radius 2 is 1.75 bits per heavy atom. The molecule has 120 valence electrons. The van der Waals surface area contributed by atoms with Gasteiger partial charge in [-0.05, 0) is 42.5 Å². The molecule has 2 N–H and O–H groups in total. The zero-order valence-electron chi connectivity index (χ0n) is 12.4. The molecule has 0 fully saturated rings. The van der Waals surface area contributed by atoms with Gasteiger partial charge in [-0.1, -0.05) is 0 Å². The van der Waals surface area contributed by atoms with Gasteiger partial charge in [-0.2, -0.15) is 0 Å². The van der Waals surface area contributed by atoms with Gasteiger partial charge in [-0.25, -0.2) is 0 Å². The number of phenolic OH excluding ortho intramolecular Hbond substituents is 1. The summed E-state index contributed by atoms with van der Waals surface area (Å²) < 4.78 is 1.90. The van der Waals surface area contributed by atoms with Crippen molar-refractivity contribution in [3.05, 3.63) is 82.7 Å². The van der Waals surface area contributed by atoms with E-state index in [0.29, 0.717) is 5.56 Å². The van der Waals surface area contributed by atoms with E-state index in [1.807, 2.05) is 29.1 Å². The number of phenols is 1. The molecule has 3 aromatic rings. The Morgan fingerprint density at radius 3 is 2.38 bits per heavy atom. The number of nitrogens with zero attached hydrogens (tertiary/aromatic N) is 2. The van der Waals surface area contributed by atoms with Gasteiger partial charge in [0.2, 0.25) is 0 Å². The average molecular weight is 323 g/mol. The first kappa shape index (κ1) is 15.3. The number of aromatic nitrogens is 1. The second-order valence-electron chi connectivity index (χ2n) is 5.05. The number of carbonyl (C=O) groups excluding carboxylic acids is 1. The minimum Gasteiger partial charge on any atom is -0.506 e. The number of nitrogens with one attached hydrogen (secondary N) is 1. The third-order valence-electron chi connectivity index (χ3n) is 3.47. The molecule has 0 bridgehead atoms. The number of nitro groups is 1. The SMILES string of the molecule is O=C(Nc1cc([N+](=O)[O-])ccc1O)c1ccc(-n2cccc2)cc1. The van der Waals surface area contributed by atoms with Gasteiger partial charge in [0, 0.05) is 35.8 Å². The highest BCUT2D eigenvalue weighted by molar-refractivity contribution is 6.05. The van der Waals surface area contributed by atoms with E-state index in [-0.39, 0.29) is 17.1 Å². The Bertz CT molecular complexity index is 887.